The third kappa shape index (κ3) is 3.12. The van der Waals surface area contributed by atoms with Crippen LogP contribution in [0.25, 0.3) is 0 Å². The number of hydrogen-bond donors (Lipinski definition) is 2. The van der Waals surface area contributed by atoms with Gasteiger partial charge >= 0.3 is 5.97 Å². The molecule has 0 aromatic carbocycles. The highest BCUT2D eigenvalue weighted by Crippen LogP contribution is 2.41. The Hall–Kier alpha value is -1.43. The molecule has 0 saturated heterocycles. The molecule has 0 aliphatic heterocycles. The minimum absolute atomic E-state index is 0.00531. The highest BCUT2D eigenvalue weighted by molar-refractivity contribution is 9.10. The van der Waals surface area contributed by atoms with Crippen molar-refractivity contribution < 1.29 is 14.7 Å². The molecule has 19 heavy (non-hydrogen) atoms. The lowest BCUT2D eigenvalue weighted by Crippen LogP contribution is -2.32. The van der Waals surface area contributed by atoms with Crippen LogP contribution < -0.4 is 5.32 Å². The van der Waals surface area contributed by atoms with E-state index in [0.29, 0.717) is 23.1 Å². The van der Waals surface area contributed by atoms with Gasteiger partial charge in [0.25, 0.3) is 0 Å². The van der Waals surface area contributed by atoms with Gasteiger partial charge in [-0.1, -0.05) is 12.8 Å². The maximum atomic E-state index is 12.0. The maximum absolute atomic E-state index is 12.0. The minimum Gasteiger partial charge on any atom is -0.481 e. The molecule has 1 aromatic rings. The summed E-state index contributed by atoms with van der Waals surface area (Å²) in [6.07, 6.45) is 4.45. The number of hydrogen-bond acceptors (Lipinski definition) is 3. The number of carboxylic acids is 1. The lowest BCUT2D eigenvalue weighted by Gasteiger charge is -2.22. The largest absolute Gasteiger partial charge is 0.481 e. The SMILES string of the molecule is O=C(CC1(C(=O)O)CCCC1)Nc1ncccc1Br. The Morgan fingerprint density at radius 1 is 1.42 bits per heavy atom. The fraction of sp³-hybridized carbons (Fsp3) is 0.462. The van der Waals surface area contributed by atoms with Gasteiger partial charge in [-0.25, -0.2) is 4.98 Å². The highest BCUT2D eigenvalue weighted by Gasteiger charge is 2.43. The lowest BCUT2D eigenvalue weighted by molar-refractivity contribution is -0.150. The number of nitrogens with zero attached hydrogens (tertiary/aromatic N) is 1. The first kappa shape index (κ1) is 14.0. The van der Waals surface area contributed by atoms with Gasteiger partial charge in [0.15, 0.2) is 0 Å². The number of aliphatic carboxylic acids is 1. The summed E-state index contributed by atoms with van der Waals surface area (Å²) in [5.74, 6) is -0.755. The molecule has 6 heteroatoms. The Kier molecular flexibility index (Phi) is 4.19. The van der Waals surface area contributed by atoms with E-state index in [0.717, 1.165) is 12.8 Å². The number of anilines is 1. The molecule has 1 aliphatic rings. The number of carbonyl (C=O) groups excluding carboxylic acids is 1. The summed E-state index contributed by atoms with van der Waals surface area (Å²) < 4.78 is 0.680. The third-order valence-electron chi connectivity index (χ3n) is 3.53. The van der Waals surface area contributed by atoms with Crippen molar-refractivity contribution in [1.82, 2.24) is 4.98 Å². The average Bonchev–Trinajstić information content (AvgIpc) is 2.82. The zero-order valence-electron chi connectivity index (χ0n) is 10.4. The molecule has 1 amide bonds. The van der Waals surface area contributed by atoms with E-state index in [2.05, 4.69) is 26.2 Å². The topological polar surface area (TPSA) is 79.3 Å². The summed E-state index contributed by atoms with van der Waals surface area (Å²) in [6, 6.07) is 3.51. The van der Waals surface area contributed by atoms with Crippen molar-refractivity contribution >= 4 is 33.6 Å². The molecule has 0 radical (unpaired) electrons. The number of aromatic nitrogens is 1. The van der Waals surface area contributed by atoms with Crippen LogP contribution in [0.15, 0.2) is 22.8 Å². The van der Waals surface area contributed by atoms with E-state index >= 15 is 0 Å². The van der Waals surface area contributed by atoms with Crippen LogP contribution in [-0.2, 0) is 9.59 Å². The molecule has 1 aromatic heterocycles. The van der Waals surface area contributed by atoms with E-state index in [4.69, 9.17) is 0 Å². The Morgan fingerprint density at radius 2 is 2.11 bits per heavy atom. The smallest absolute Gasteiger partial charge is 0.310 e. The predicted octanol–water partition coefficient (Wildman–Crippen LogP) is 2.82. The number of carboxylic acid groups (broad SMARTS) is 1. The first-order valence-corrected chi connectivity index (χ1v) is 6.97. The van der Waals surface area contributed by atoms with Gasteiger partial charge in [0.05, 0.1) is 9.89 Å². The lowest BCUT2D eigenvalue weighted by atomic mass is 9.82. The first-order chi connectivity index (χ1) is 9.03. The zero-order valence-corrected chi connectivity index (χ0v) is 11.9. The van der Waals surface area contributed by atoms with E-state index in [1.165, 1.54) is 0 Å². The molecule has 0 unspecified atom stereocenters. The van der Waals surface area contributed by atoms with Crippen molar-refractivity contribution in [1.29, 1.82) is 0 Å². The van der Waals surface area contributed by atoms with Crippen molar-refractivity contribution in [3.05, 3.63) is 22.8 Å². The number of nitrogens with one attached hydrogen (secondary N) is 1. The molecular formula is C13H15BrN2O3. The van der Waals surface area contributed by atoms with Gasteiger partial charge in [0.1, 0.15) is 5.82 Å². The molecule has 1 heterocycles. The number of carbonyl (C=O) groups is 2. The van der Waals surface area contributed by atoms with Crippen LogP contribution in [0.4, 0.5) is 5.82 Å². The van der Waals surface area contributed by atoms with Crippen LogP contribution in [-0.4, -0.2) is 22.0 Å². The summed E-state index contributed by atoms with van der Waals surface area (Å²) in [5.41, 5.74) is -0.897. The summed E-state index contributed by atoms with van der Waals surface area (Å²) in [5, 5.41) is 12.0. The fourth-order valence-electron chi connectivity index (χ4n) is 2.48. The second-order valence-electron chi connectivity index (χ2n) is 4.85. The van der Waals surface area contributed by atoms with Gasteiger partial charge in [-0.15, -0.1) is 0 Å². The standard InChI is InChI=1S/C13H15BrN2O3/c14-9-4-3-7-15-11(9)16-10(17)8-13(12(18)19)5-1-2-6-13/h3-4,7H,1-2,5-6,8H2,(H,18,19)(H,15,16,17). The minimum atomic E-state index is -0.897. The van der Waals surface area contributed by atoms with Gasteiger partial charge < -0.3 is 10.4 Å². The third-order valence-corrected chi connectivity index (χ3v) is 4.17. The van der Waals surface area contributed by atoms with Gasteiger partial charge in [-0.2, -0.15) is 0 Å². The molecule has 0 bridgehead atoms. The fourth-order valence-corrected chi connectivity index (χ4v) is 2.83. The second kappa shape index (κ2) is 5.69. The van der Waals surface area contributed by atoms with Gasteiger partial charge in [0, 0.05) is 12.6 Å². The van der Waals surface area contributed by atoms with Crippen molar-refractivity contribution in [2.45, 2.75) is 32.1 Å². The molecule has 1 saturated carbocycles. The van der Waals surface area contributed by atoms with Crippen LogP contribution in [0.1, 0.15) is 32.1 Å². The quantitative estimate of drug-likeness (QED) is 0.891. The summed E-state index contributed by atoms with van der Waals surface area (Å²) in [6.45, 7) is 0. The van der Waals surface area contributed by atoms with E-state index in [-0.39, 0.29) is 12.3 Å². The maximum Gasteiger partial charge on any atom is 0.310 e. The Balaban J connectivity index is 2.05. The normalized spacial score (nSPS) is 17.1. The molecule has 1 fully saturated rings. The molecule has 5 nitrogen and oxygen atoms in total. The van der Waals surface area contributed by atoms with Crippen molar-refractivity contribution in [2.75, 3.05) is 5.32 Å². The Bertz CT molecular complexity index is 498. The van der Waals surface area contributed by atoms with Crippen LogP contribution >= 0.6 is 15.9 Å². The van der Waals surface area contributed by atoms with E-state index in [1.54, 1.807) is 18.3 Å². The van der Waals surface area contributed by atoms with E-state index in [9.17, 15) is 14.7 Å². The number of rotatable bonds is 4. The molecule has 2 rings (SSSR count). The number of pyridine rings is 1. The number of halogens is 1. The van der Waals surface area contributed by atoms with Gasteiger partial charge in [0.2, 0.25) is 5.91 Å². The van der Waals surface area contributed by atoms with Crippen molar-refractivity contribution in [3.63, 3.8) is 0 Å². The average molecular weight is 327 g/mol. The predicted molar refractivity (Wildman–Crippen MR) is 73.7 cm³/mol. The molecule has 0 atom stereocenters. The van der Waals surface area contributed by atoms with Gasteiger partial charge in [-0.3, -0.25) is 9.59 Å². The molecular weight excluding hydrogens is 312 g/mol. The van der Waals surface area contributed by atoms with Gasteiger partial charge in [-0.05, 0) is 40.9 Å². The van der Waals surface area contributed by atoms with Crippen LogP contribution in [0.5, 0.6) is 0 Å². The van der Waals surface area contributed by atoms with Crippen LogP contribution in [0, 0.1) is 5.41 Å². The molecule has 0 spiro atoms. The second-order valence-corrected chi connectivity index (χ2v) is 5.71. The monoisotopic (exact) mass is 326 g/mol. The molecule has 1 aliphatic carbocycles. The first-order valence-electron chi connectivity index (χ1n) is 6.17. The van der Waals surface area contributed by atoms with E-state index in [1.807, 2.05) is 0 Å². The Morgan fingerprint density at radius 3 is 2.68 bits per heavy atom. The summed E-state index contributed by atoms with van der Waals surface area (Å²) in [7, 11) is 0. The molecule has 2 N–H and O–H groups in total. The van der Waals surface area contributed by atoms with Crippen LogP contribution in [0.2, 0.25) is 0 Å². The summed E-state index contributed by atoms with van der Waals surface area (Å²) >= 11 is 3.29. The number of amides is 1. The van der Waals surface area contributed by atoms with Crippen molar-refractivity contribution in [3.8, 4) is 0 Å². The van der Waals surface area contributed by atoms with E-state index < -0.39 is 11.4 Å². The highest BCUT2D eigenvalue weighted by atomic mass is 79.9. The van der Waals surface area contributed by atoms with Crippen LogP contribution in [0.3, 0.4) is 0 Å². The summed E-state index contributed by atoms with van der Waals surface area (Å²) in [4.78, 5) is 27.4. The van der Waals surface area contributed by atoms with Crippen molar-refractivity contribution in [2.24, 2.45) is 5.41 Å². The molecule has 102 valence electrons. The zero-order chi connectivity index (χ0) is 13.9. The Labute approximate surface area is 119 Å².